The number of primary amides is 1. The lowest BCUT2D eigenvalue weighted by atomic mass is 10.3. The molecule has 0 saturated carbocycles. The number of hydrogen-bond acceptors (Lipinski definition) is 3. The Hall–Kier alpha value is -1.52. The van der Waals surface area contributed by atoms with E-state index in [1.165, 1.54) is 0 Å². The van der Waals surface area contributed by atoms with E-state index in [2.05, 4.69) is 5.73 Å². The molecule has 0 aliphatic rings. The highest BCUT2D eigenvalue weighted by Crippen LogP contribution is 1.87. The molecule has 9 heavy (non-hydrogen) atoms. The van der Waals surface area contributed by atoms with Crippen LogP contribution in [-0.4, -0.2) is 17.0 Å². The van der Waals surface area contributed by atoms with Crippen molar-refractivity contribution in [2.45, 2.75) is 0 Å². The minimum atomic E-state index is -1.41. The second-order valence-corrected chi connectivity index (χ2v) is 1.25. The summed E-state index contributed by atoms with van der Waals surface area (Å²) in [7, 11) is 0. The Morgan fingerprint density at radius 2 is 1.89 bits per heavy atom. The fourth-order valence-electron chi connectivity index (χ4n) is 0.259. The molecule has 5 heteroatoms. The molecule has 0 aliphatic heterocycles. The first kappa shape index (κ1) is 7.48. The molecule has 1 amide bonds. The van der Waals surface area contributed by atoms with Gasteiger partial charge in [0.1, 0.15) is 5.57 Å². The molecule has 0 radical (unpaired) electrons. The molecule has 5 nitrogen and oxygen atoms in total. The Morgan fingerprint density at radius 3 is 1.89 bits per heavy atom. The maximum atomic E-state index is 10.1. The fraction of sp³-hybridized carbons (Fsp3) is 0. The molecule has 50 valence electrons. The van der Waals surface area contributed by atoms with Gasteiger partial charge < -0.3 is 16.6 Å². The van der Waals surface area contributed by atoms with Crippen molar-refractivity contribution in [3.05, 3.63) is 11.8 Å². The van der Waals surface area contributed by atoms with E-state index in [1.54, 1.807) is 0 Å². The number of nitrogens with two attached hydrogens (primary N) is 2. The molecule has 0 heterocycles. The molecule has 0 atom stereocenters. The standard InChI is InChI=1S/C4H6N2O3/c5-1-2(3(6)7)4(8)9/h1H,5H2,(H2,6,7)(H,8,9). The molecule has 0 aromatic rings. The number of hydrogen-bond donors (Lipinski definition) is 3. The van der Waals surface area contributed by atoms with Gasteiger partial charge in [0, 0.05) is 6.20 Å². The van der Waals surface area contributed by atoms with Crippen LogP contribution in [0.4, 0.5) is 0 Å². The van der Waals surface area contributed by atoms with Gasteiger partial charge in [-0.05, 0) is 0 Å². The number of carboxylic acid groups (broad SMARTS) is 1. The van der Waals surface area contributed by atoms with Crippen LogP contribution < -0.4 is 11.5 Å². The summed E-state index contributed by atoms with van der Waals surface area (Å²) in [6, 6.07) is 0. The lowest BCUT2D eigenvalue weighted by Crippen LogP contribution is -2.21. The molecule has 0 aliphatic carbocycles. The largest absolute Gasteiger partial charge is 0.477 e. The van der Waals surface area contributed by atoms with Crippen molar-refractivity contribution >= 4 is 11.9 Å². The van der Waals surface area contributed by atoms with Crippen LogP contribution in [0.15, 0.2) is 11.8 Å². The Balaban J connectivity index is 4.38. The minimum Gasteiger partial charge on any atom is -0.477 e. The molecule has 0 unspecified atom stereocenters. The molecule has 5 N–H and O–H groups in total. The number of carbonyl (C=O) groups excluding carboxylic acids is 1. The van der Waals surface area contributed by atoms with Crippen molar-refractivity contribution in [2.24, 2.45) is 11.5 Å². The zero-order chi connectivity index (χ0) is 7.44. The minimum absolute atomic E-state index is 0.602. The molecule has 0 bridgehead atoms. The van der Waals surface area contributed by atoms with Gasteiger partial charge in [0.2, 0.25) is 0 Å². The highest BCUT2D eigenvalue weighted by atomic mass is 16.4. The van der Waals surface area contributed by atoms with E-state index in [1.807, 2.05) is 0 Å². The topological polar surface area (TPSA) is 106 Å². The summed E-state index contributed by atoms with van der Waals surface area (Å²) < 4.78 is 0. The van der Waals surface area contributed by atoms with E-state index >= 15 is 0 Å². The van der Waals surface area contributed by atoms with Gasteiger partial charge in [-0.3, -0.25) is 4.79 Å². The van der Waals surface area contributed by atoms with Crippen LogP contribution in [0.1, 0.15) is 0 Å². The zero-order valence-corrected chi connectivity index (χ0v) is 4.50. The quantitative estimate of drug-likeness (QED) is 0.237. The predicted octanol–water partition coefficient (Wildman–Crippen LogP) is -1.60. The van der Waals surface area contributed by atoms with Crippen molar-refractivity contribution in [1.29, 1.82) is 0 Å². The summed E-state index contributed by atoms with van der Waals surface area (Å²) in [6.07, 6.45) is 0.657. The summed E-state index contributed by atoms with van der Waals surface area (Å²) in [6.45, 7) is 0. The monoisotopic (exact) mass is 130 g/mol. The Kier molecular flexibility index (Phi) is 2.25. The van der Waals surface area contributed by atoms with E-state index in [4.69, 9.17) is 10.8 Å². The fourth-order valence-corrected chi connectivity index (χ4v) is 0.259. The van der Waals surface area contributed by atoms with Gasteiger partial charge in [-0.2, -0.15) is 0 Å². The maximum absolute atomic E-state index is 10.1. The highest BCUT2D eigenvalue weighted by molar-refractivity contribution is 6.14. The average Bonchev–Trinajstić information content (AvgIpc) is 1.64. The van der Waals surface area contributed by atoms with Crippen LogP contribution >= 0.6 is 0 Å². The van der Waals surface area contributed by atoms with Gasteiger partial charge in [-0.15, -0.1) is 0 Å². The number of carbonyl (C=O) groups is 2. The van der Waals surface area contributed by atoms with Gasteiger partial charge in [-0.25, -0.2) is 4.79 Å². The maximum Gasteiger partial charge on any atom is 0.342 e. The number of amides is 1. The van der Waals surface area contributed by atoms with Crippen molar-refractivity contribution in [1.82, 2.24) is 0 Å². The first-order valence-corrected chi connectivity index (χ1v) is 2.04. The van der Waals surface area contributed by atoms with Crippen LogP contribution in [0.3, 0.4) is 0 Å². The molecule has 0 saturated heterocycles. The third-order valence-corrected chi connectivity index (χ3v) is 0.663. The van der Waals surface area contributed by atoms with Gasteiger partial charge in [-0.1, -0.05) is 0 Å². The molecule has 0 fully saturated rings. The average molecular weight is 130 g/mol. The zero-order valence-electron chi connectivity index (χ0n) is 4.50. The van der Waals surface area contributed by atoms with Crippen molar-refractivity contribution in [2.75, 3.05) is 0 Å². The second kappa shape index (κ2) is 2.71. The molecule has 0 rings (SSSR count). The summed E-state index contributed by atoms with van der Waals surface area (Å²) in [4.78, 5) is 20.0. The SMILES string of the molecule is NC=C(C(N)=O)C(=O)O. The lowest BCUT2D eigenvalue weighted by molar-refractivity contribution is -0.134. The van der Waals surface area contributed by atoms with Crippen molar-refractivity contribution in [3.63, 3.8) is 0 Å². The van der Waals surface area contributed by atoms with E-state index in [-0.39, 0.29) is 0 Å². The Labute approximate surface area is 50.9 Å². The highest BCUT2D eigenvalue weighted by Gasteiger charge is 2.11. The molecule has 0 aromatic carbocycles. The smallest absolute Gasteiger partial charge is 0.342 e. The predicted molar refractivity (Wildman–Crippen MR) is 29.1 cm³/mol. The molecular weight excluding hydrogens is 124 g/mol. The number of carboxylic acids is 1. The van der Waals surface area contributed by atoms with Crippen molar-refractivity contribution < 1.29 is 14.7 Å². The van der Waals surface area contributed by atoms with Crippen LogP contribution in [0.25, 0.3) is 0 Å². The van der Waals surface area contributed by atoms with E-state index in [0.717, 1.165) is 0 Å². The third-order valence-electron chi connectivity index (χ3n) is 0.663. The Morgan fingerprint density at radius 1 is 1.44 bits per heavy atom. The van der Waals surface area contributed by atoms with E-state index in [0.29, 0.717) is 6.20 Å². The van der Waals surface area contributed by atoms with Crippen LogP contribution in [-0.2, 0) is 9.59 Å². The normalized spacial score (nSPS) is 10.9. The van der Waals surface area contributed by atoms with Crippen molar-refractivity contribution in [3.8, 4) is 0 Å². The first-order valence-electron chi connectivity index (χ1n) is 2.04. The van der Waals surface area contributed by atoms with Gasteiger partial charge in [0.15, 0.2) is 0 Å². The van der Waals surface area contributed by atoms with Gasteiger partial charge in [0.25, 0.3) is 5.91 Å². The van der Waals surface area contributed by atoms with Crippen LogP contribution in [0.2, 0.25) is 0 Å². The van der Waals surface area contributed by atoms with E-state index in [9.17, 15) is 9.59 Å². The molecule has 0 aromatic heterocycles. The van der Waals surface area contributed by atoms with Crippen LogP contribution in [0.5, 0.6) is 0 Å². The summed E-state index contributed by atoms with van der Waals surface area (Å²) in [5.74, 6) is -2.45. The van der Waals surface area contributed by atoms with Gasteiger partial charge >= 0.3 is 5.97 Å². The second-order valence-electron chi connectivity index (χ2n) is 1.25. The number of aliphatic carboxylic acids is 1. The lowest BCUT2D eigenvalue weighted by Gasteiger charge is -1.90. The Bertz CT molecular complexity index is 157. The van der Waals surface area contributed by atoms with Gasteiger partial charge in [0.05, 0.1) is 0 Å². The molecular formula is C4H6N2O3. The third kappa shape index (κ3) is 1.81. The molecule has 0 spiro atoms. The summed E-state index contributed by atoms with van der Waals surface area (Å²) in [5.41, 5.74) is 8.71. The summed E-state index contributed by atoms with van der Waals surface area (Å²) >= 11 is 0. The van der Waals surface area contributed by atoms with Crippen LogP contribution in [0, 0.1) is 0 Å². The number of rotatable bonds is 2. The summed E-state index contributed by atoms with van der Waals surface area (Å²) in [5, 5.41) is 8.09. The van der Waals surface area contributed by atoms with E-state index < -0.39 is 17.4 Å². The first-order chi connectivity index (χ1) is 4.09.